The average molecular weight is 417 g/mol. The SMILES string of the molecule is N=c1sccn1CC(=O)N1CCN(S(=O)(=O)c2ccc3ccccc3c2)CC1. The normalized spacial score (nSPS) is 15.8. The van der Waals surface area contributed by atoms with Crippen LogP contribution < -0.4 is 4.80 Å². The molecule has 0 aliphatic carbocycles. The minimum atomic E-state index is -3.60. The third kappa shape index (κ3) is 3.60. The van der Waals surface area contributed by atoms with Gasteiger partial charge < -0.3 is 9.47 Å². The van der Waals surface area contributed by atoms with Crippen LogP contribution in [-0.2, 0) is 21.4 Å². The lowest BCUT2D eigenvalue weighted by molar-refractivity contribution is -0.133. The van der Waals surface area contributed by atoms with Gasteiger partial charge in [-0.15, -0.1) is 11.3 Å². The Morgan fingerprint density at radius 2 is 1.75 bits per heavy atom. The number of rotatable bonds is 4. The van der Waals surface area contributed by atoms with E-state index >= 15 is 0 Å². The van der Waals surface area contributed by atoms with E-state index in [-0.39, 0.29) is 30.4 Å². The lowest BCUT2D eigenvalue weighted by atomic mass is 10.1. The number of benzene rings is 2. The van der Waals surface area contributed by atoms with Crippen molar-refractivity contribution in [2.24, 2.45) is 0 Å². The Balaban J connectivity index is 1.45. The van der Waals surface area contributed by atoms with Gasteiger partial charge in [-0.2, -0.15) is 4.31 Å². The highest BCUT2D eigenvalue weighted by molar-refractivity contribution is 7.89. The zero-order valence-corrected chi connectivity index (χ0v) is 16.7. The molecule has 0 atom stereocenters. The van der Waals surface area contributed by atoms with Crippen LogP contribution in [0.3, 0.4) is 0 Å². The monoisotopic (exact) mass is 416 g/mol. The van der Waals surface area contributed by atoms with Gasteiger partial charge in [-0.1, -0.05) is 30.3 Å². The van der Waals surface area contributed by atoms with E-state index < -0.39 is 10.0 Å². The van der Waals surface area contributed by atoms with Crippen LogP contribution >= 0.6 is 11.3 Å². The first-order valence-corrected chi connectivity index (χ1v) is 11.2. The van der Waals surface area contributed by atoms with E-state index in [0.717, 1.165) is 10.8 Å². The number of fused-ring (bicyclic) bond motifs is 1. The number of piperazine rings is 1. The van der Waals surface area contributed by atoms with Gasteiger partial charge in [0, 0.05) is 37.8 Å². The van der Waals surface area contributed by atoms with Crippen molar-refractivity contribution in [2.45, 2.75) is 11.4 Å². The van der Waals surface area contributed by atoms with Crippen molar-refractivity contribution in [3.05, 3.63) is 58.8 Å². The molecule has 9 heteroatoms. The number of sulfonamides is 1. The highest BCUT2D eigenvalue weighted by Gasteiger charge is 2.30. The summed E-state index contributed by atoms with van der Waals surface area (Å²) in [4.78, 5) is 14.7. The molecule has 0 bridgehead atoms. The quantitative estimate of drug-likeness (QED) is 0.703. The molecule has 2 aromatic carbocycles. The summed E-state index contributed by atoms with van der Waals surface area (Å²) in [7, 11) is -3.60. The molecule has 1 fully saturated rings. The number of carbonyl (C=O) groups is 1. The maximum atomic E-state index is 13.0. The second-order valence-electron chi connectivity index (χ2n) is 6.63. The second kappa shape index (κ2) is 7.50. The first-order chi connectivity index (χ1) is 13.4. The molecule has 2 heterocycles. The van der Waals surface area contributed by atoms with Crippen LogP contribution in [0.15, 0.2) is 58.9 Å². The summed E-state index contributed by atoms with van der Waals surface area (Å²) in [5, 5.41) is 11.4. The van der Waals surface area contributed by atoms with Crippen LogP contribution in [0.1, 0.15) is 0 Å². The van der Waals surface area contributed by atoms with E-state index in [1.165, 1.54) is 15.6 Å². The molecular weight excluding hydrogens is 396 g/mol. The van der Waals surface area contributed by atoms with Crippen LogP contribution in [0, 0.1) is 5.41 Å². The molecule has 1 amide bonds. The second-order valence-corrected chi connectivity index (χ2v) is 9.46. The lowest BCUT2D eigenvalue weighted by Gasteiger charge is -2.34. The van der Waals surface area contributed by atoms with Crippen LogP contribution in [-0.4, -0.2) is 54.3 Å². The molecule has 1 aliphatic rings. The van der Waals surface area contributed by atoms with E-state index in [0.29, 0.717) is 17.9 Å². The van der Waals surface area contributed by atoms with Gasteiger partial charge in [-0.25, -0.2) is 8.42 Å². The third-order valence-electron chi connectivity index (χ3n) is 4.94. The summed E-state index contributed by atoms with van der Waals surface area (Å²) in [5.74, 6) is -0.0975. The molecule has 4 rings (SSSR count). The number of thiazole rings is 1. The Morgan fingerprint density at radius 1 is 1.04 bits per heavy atom. The molecule has 146 valence electrons. The van der Waals surface area contributed by atoms with Gasteiger partial charge in [0.15, 0.2) is 4.80 Å². The highest BCUT2D eigenvalue weighted by Crippen LogP contribution is 2.22. The van der Waals surface area contributed by atoms with Crippen molar-refractivity contribution in [2.75, 3.05) is 26.2 Å². The lowest BCUT2D eigenvalue weighted by Crippen LogP contribution is -2.51. The predicted octanol–water partition coefficient (Wildman–Crippen LogP) is 1.72. The van der Waals surface area contributed by atoms with Crippen LogP contribution in [0.2, 0.25) is 0 Å². The van der Waals surface area contributed by atoms with Gasteiger partial charge in [0.1, 0.15) is 6.54 Å². The molecule has 7 nitrogen and oxygen atoms in total. The predicted molar refractivity (Wildman–Crippen MR) is 107 cm³/mol. The van der Waals surface area contributed by atoms with Gasteiger partial charge in [-0.05, 0) is 22.9 Å². The number of aromatic nitrogens is 1. The van der Waals surface area contributed by atoms with E-state index in [4.69, 9.17) is 5.41 Å². The first-order valence-electron chi connectivity index (χ1n) is 8.90. The van der Waals surface area contributed by atoms with Gasteiger partial charge >= 0.3 is 0 Å². The van der Waals surface area contributed by atoms with Crippen LogP contribution in [0.5, 0.6) is 0 Å². The van der Waals surface area contributed by atoms with E-state index in [2.05, 4.69) is 0 Å². The summed E-state index contributed by atoms with van der Waals surface area (Å²) in [6.45, 7) is 1.35. The molecule has 28 heavy (non-hydrogen) atoms. The van der Waals surface area contributed by atoms with Crippen molar-refractivity contribution in [1.82, 2.24) is 13.8 Å². The molecule has 1 aromatic heterocycles. The Kier molecular flexibility index (Phi) is 5.05. The fraction of sp³-hybridized carbons (Fsp3) is 0.263. The zero-order valence-electron chi connectivity index (χ0n) is 15.1. The topological polar surface area (TPSA) is 86.5 Å². The number of amides is 1. The van der Waals surface area contributed by atoms with Crippen molar-refractivity contribution >= 4 is 38.0 Å². The maximum absolute atomic E-state index is 13.0. The van der Waals surface area contributed by atoms with Crippen LogP contribution in [0.25, 0.3) is 10.8 Å². The van der Waals surface area contributed by atoms with Gasteiger partial charge in [0.05, 0.1) is 4.90 Å². The number of nitrogens with one attached hydrogen (secondary N) is 1. The minimum Gasteiger partial charge on any atom is -0.339 e. The Morgan fingerprint density at radius 3 is 2.43 bits per heavy atom. The summed E-state index contributed by atoms with van der Waals surface area (Å²) in [5.41, 5.74) is 0. The summed E-state index contributed by atoms with van der Waals surface area (Å²) >= 11 is 1.27. The van der Waals surface area contributed by atoms with Gasteiger partial charge in [-0.3, -0.25) is 10.2 Å². The molecule has 0 saturated carbocycles. The third-order valence-corrected chi connectivity index (χ3v) is 7.55. The molecule has 1 aliphatic heterocycles. The smallest absolute Gasteiger partial charge is 0.243 e. The van der Waals surface area contributed by atoms with E-state index in [1.54, 1.807) is 33.2 Å². The molecule has 1 N–H and O–H groups in total. The van der Waals surface area contributed by atoms with Crippen molar-refractivity contribution in [3.63, 3.8) is 0 Å². The zero-order chi connectivity index (χ0) is 19.7. The van der Waals surface area contributed by atoms with Gasteiger partial charge in [0.25, 0.3) is 0 Å². The maximum Gasteiger partial charge on any atom is 0.243 e. The van der Waals surface area contributed by atoms with Crippen molar-refractivity contribution in [3.8, 4) is 0 Å². The first kappa shape index (κ1) is 18.9. The fourth-order valence-electron chi connectivity index (χ4n) is 3.33. The fourth-order valence-corrected chi connectivity index (χ4v) is 5.38. The molecule has 3 aromatic rings. The molecule has 0 radical (unpaired) electrons. The van der Waals surface area contributed by atoms with E-state index in [1.807, 2.05) is 30.3 Å². The molecule has 0 unspecified atom stereocenters. The number of nitrogens with zero attached hydrogens (tertiary/aromatic N) is 3. The van der Waals surface area contributed by atoms with Crippen molar-refractivity contribution in [1.29, 1.82) is 5.41 Å². The molecular formula is C19H20N4O3S2. The standard InChI is InChI=1S/C19H20N4O3S2/c20-19-22(11-12-27-19)14-18(24)21-7-9-23(10-8-21)28(25,26)17-6-5-15-3-1-2-4-16(15)13-17/h1-6,11-13,20H,7-10,14H2. The summed E-state index contributed by atoms with van der Waals surface area (Å²) in [6.07, 6.45) is 1.71. The van der Waals surface area contributed by atoms with Crippen molar-refractivity contribution < 1.29 is 13.2 Å². The number of hydrogen-bond donors (Lipinski definition) is 1. The number of carbonyl (C=O) groups excluding carboxylic acids is 1. The number of hydrogen-bond acceptors (Lipinski definition) is 5. The largest absolute Gasteiger partial charge is 0.339 e. The Labute approximate surface area is 167 Å². The van der Waals surface area contributed by atoms with Gasteiger partial charge in [0.2, 0.25) is 15.9 Å². The average Bonchev–Trinajstić information content (AvgIpc) is 3.12. The Hall–Kier alpha value is -2.49. The summed E-state index contributed by atoms with van der Waals surface area (Å²) in [6, 6.07) is 12.8. The summed E-state index contributed by atoms with van der Waals surface area (Å²) < 4.78 is 29.0. The highest BCUT2D eigenvalue weighted by atomic mass is 32.2. The van der Waals surface area contributed by atoms with E-state index in [9.17, 15) is 13.2 Å². The van der Waals surface area contributed by atoms with Crippen LogP contribution in [0.4, 0.5) is 0 Å². The minimum absolute atomic E-state index is 0.0975. The Bertz CT molecular complexity index is 1170. The molecule has 0 spiro atoms. The molecule has 1 saturated heterocycles.